The van der Waals surface area contributed by atoms with Crippen LogP contribution >= 0.6 is 23.2 Å². The number of nitrogens with zero attached hydrogens (tertiary/aromatic N) is 4. The van der Waals surface area contributed by atoms with Crippen molar-refractivity contribution in [2.24, 2.45) is 0 Å². The Balaban J connectivity index is 1.97. The quantitative estimate of drug-likeness (QED) is 0.415. The zero-order valence-corrected chi connectivity index (χ0v) is 13.9. The predicted molar refractivity (Wildman–Crippen MR) is 92.7 cm³/mol. The van der Waals surface area contributed by atoms with Crippen LogP contribution < -0.4 is 10.5 Å². The van der Waals surface area contributed by atoms with Crippen molar-refractivity contribution in [3.8, 4) is 11.6 Å². The van der Waals surface area contributed by atoms with Gasteiger partial charge in [-0.1, -0.05) is 17.7 Å². The summed E-state index contributed by atoms with van der Waals surface area (Å²) >= 11 is 11.9. The Kier molecular flexibility index (Phi) is 3.40. The molecule has 3 heterocycles. The van der Waals surface area contributed by atoms with Gasteiger partial charge in [-0.3, -0.25) is 5.10 Å². The number of H-pyrrole nitrogens is 1. The van der Waals surface area contributed by atoms with Gasteiger partial charge in [0.25, 0.3) is 0 Å². The number of aryl methyl sites for hydroxylation is 1. The molecule has 0 saturated heterocycles. The van der Waals surface area contributed by atoms with Gasteiger partial charge in [0.15, 0.2) is 0 Å². The van der Waals surface area contributed by atoms with Gasteiger partial charge in [-0.05, 0) is 30.2 Å². The number of rotatable bonds is 2. The smallest absolute Gasteiger partial charge is 0.233 e. The molecule has 9 heteroatoms. The molecule has 4 rings (SSSR count). The van der Waals surface area contributed by atoms with E-state index in [-0.39, 0.29) is 22.1 Å². The fourth-order valence-electron chi connectivity index (χ4n) is 2.49. The van der Waals surface area contributed by atoms with Crippen LogP contribution in [-0.2, 0) is 0 Å². The number of nitrogens with one attached hydrogen (secondary N) is 1. The molecule has 0 aliphatic carbocycles. The van der Waals surface area contributed by atoms with Gasteiger partial charge in [0.2, 0.25) is 11.2 Å². The average Bonchev–Trinajstić information content (AvgIpc) is 2.97. The molecule has 0 radical (unpaired) electrons. The molecule has 0 aliphatic rings. The predicted octanol–water partition coefficient (Wildman–Crippen LogP) is 3.89. The van der Waals surface area contributed by atoms with Crippen molar-refractivity contribution in [3.05, 3.63) is 40.4 Å². The minimum Gasteiger partial charge on any atom is -0.437 e. The van der Waals surface area contributed by atoms with Gasteiger partial charge in [0.05, 0.1) is 22.6 Å². The Hall–Kier alpha value is -2.64. The van der Waals surface area contributed by atoms with Crippen LogP contribution in [-0.4, -0.2) is 25.1 Å². The van der Waals surface area contributed by atoms with Gasteiger partial charge in [-0.25, -0.2) is 15.0 Å². The second-order valence-corrected chi connectivity index (χ2v) is 5.89. The van der Waals surface area contributed by atoms with Gasteiger partial charge < -0.3 is 10.5 Å². The van der Waals surface area contributed by atoms with E-state index in [2.05, 4.69) is 25.1 Å². The number of aromatic nitrogens is 5. The second kappa shape index (κ2) is 5.47. The Morgan fingerprint density at radius 1 is 1.17 bits per heavy atom. The first-order valence-electron chi connectivity index (χ1n) is 6.93. The molecule has 7 nitrogen and oxygen atoms in total. The van der Waals surface area contributed by atoms with E-state index in [4.69, 9.17) is 33.7 Å². The van der Waals surface area contributed by atoms with Crippen molar-refractivity contribution in [3.63, 3.8) is 0 Å². The standard InChI is InChI=1S/C15H10Cl2N6O/c1-6-2-3-8-7(5-19-23-8)12(6)24-14-11-9(4-10(16)21-14)20-15(17)22-13(11)18/h2-5H,1H3,(H,19,23)(H2,18,20,22). The third kappa shape index (κ3) is 2.38. The maximum absolute atomic E-state index is 6.08. The average molecular weight is 361 g/mol. The van der Waals surface area contributed by atoms with E-state index in [1.807, 2.05) is 19.1 Å². The fraction of sp³-hybridized carbons (Fsp3) is 0.0667. The van der Waals surface area contributed by atoms with Crippen LogP contribution in [0.3, 0.4) is 0 Å². The molecular formula is C15H10Cl2N6O. The number of aromatic amines is 1. The molecule has 0 aliphatic heterocycles. The van der Waals surface area contributed by atoms with E-state index in [1.54, 1.807) is 12.3 Å². The lowest BCUT2D eigenvalue weighted by molar-refractivity contribution is 0.471. The number of benzene rings is 1. The van der Waals surface area contributed by atoms with Crippen LogP contribution in [0.5, 0.6) is 11.6 Å². The Morgan fingerprint density at radius 3 is 2.83 bits per heavy atom. The summed E-state index contributed by atoms with van der Waals surface area (Å²) in [4.78, 5) is 12.3. The molecule has 0 atom stereocenters. The number of anilines is 1. The number of nitrogen functional groups attached to an aromatic ring is 1. The number of nitrogens with two attached hydrogens (primary N) is 1. The van der Waals surface area contributed by atoms with Gasteiger partial charge in [-0.15, -0.1) is 0 Å². The number of ether oxygens (including phenoxy) is 1. The highest BCUT2D eigenvalue weighted by Crippen LogP contribution is 2.37. The number of pyridine rings is 1. The van der Waals surface area contributed by atoms with Crippen LogP contribution in [0.2, 0.25) is 10.4 Å². The lowest BCUT2D eigenvalue weighted by Gasteiger charge is -2.12. The number of hydrogen-bond acceptors (Lipinski definition) is 6. The van der Waals surface area contributed by atoms with Crippen molar-refractivity contribution >= 4 is 50.8 Å². The summed E-state index contributed by atoms with van der Waals surface area (Å²) in [6.45, 7) is 1.92. The van der Waals surface area contributed by atoms with E-state index in [0.717, 1.165) is 16.5 Å². The van der Waals surface area contributed by atoms with Crippen LogP contribution in [0.4, 0.5) is 5.82 Å². The molecule has 3 aromatic heterocycles. The maximum Gasteiger partial charge on any atom is 0.233 e. The highest BCUT2D eigenvalue weighted by Gasteiger charge is 2.17. The summed E-state index contributed by atoms with van der Waals surface area (Å²) in [5.74, 6) is 0.983. The highest BCUT2D eigenvalue weighted by atomic mass is 35.5. The first kappa shape index (κ1) is 14.9. The number of fused-ring (bicyclic) bond motifs is 2. The third-order valence-corrected chi connectivity index (χ3v) is 3.95. The molecule has 120 valence electrons. The third-order valence-electron chi connectivity index (χ3n) is 3.59. The molecule has 0 unspecified atom stereocenters. The van der Waals surface area contributed by atoms with Crippen LogP contribution in [0.1, 0.15) is 5.56 Å². The summed E-state index contributed by atoms with van der Waals surface area (Å²) in [5.41, 5.74) is 8.18. The van der Waals surface area contributed by atoms with Crippen molar-refractivity contribution in [1.29, 1.82) is 0 Å². The molecule has 0 fully saturated rings. The Morgan fingerprint density at radius 2 is 2.00 bits per heavy atom. The monoisotopic (exact) mass is 360 g/mol. The first-order chi connectivity index (χ1) is 11.5. The van der Waals surface area contributed by atoms with Gasteiger partial charge >= 0.3 is 0 Å². The van der Waals surface area contributed by atoms with Crippen molar-refractivity contribution in [2.45, 2.75) is 6.92 Å². The molecule has 0 amide bonds. The van der Waals surface area contributed by atoms with Gasteiger partial charge in [0.1, 0.15) is 22.1 Å². The topological polar surface area (TPSA) is 103 Å². The normalized spacial score (nSPS) is 11.3. The molecule has 24 heavy (non-hydrogen) atoms. The van der Waals surface area contributed by atoms with Gasteiger partial charge in [-0.2, -0.15) is 5.10 Å². The zero-order valence-electron chi connectivity index (χ0n) is 12.3. The summed E-state index contributed by atoms with van der Waals surface area (Å²) in [5, 5.41) is 8.44. The molecule has 0 bridgehead atoms. The molecule has 0 spiro atoms. The van der Waals surface area contributed by atoms with E-state index < -0.39 is 0 Å². The molecule has 3 N–H and O–H groups in total. The highest BCUT2D eigenvalue weighted by molar-refractivity contribution is 6.31. The van der Waals surface area contributed by atoms with Crippen molar-refractivity contribution < 1.29 is 4.74 Å². The van der Waals surface area contributed by atoms with Crippen LogP contribution in [0, 0.1) is 6.92 Å². The summed E-state index contributed by atoms with van der Waals surface area (Å²) in [7, 11) is 0. The van der Waals surface area contributed by atoms with E-state index in [1.165, 1.54) is 0 Å². The minimum atomic E-state index is 0.0290. The van der Waals surface area contributed by atoms with E-state index in [0.29, 0.717) is 16.7 Å². The Bertz CT molecular complexity index is 1090. The van der Waals surface area contributed by atoms with E-state index in [9.17, 15) is 0 Å². The SMILES string of the molecule is Cc1ccc2[nH]ncc2c1Oc1nc(Cl)cc2nc(Cl)nc(N)c12. The van der Waals surface area contributed by atoms with Crippen LogP contribution in [0.15, 0.2) is 24.4 Å². The second-order valence-electron chi connectivity index (χ2n) is 5.17. The molecular weight excluding hydrogens is 351 g/mol. The summed E-state index contributed by atoms with van der Waals surface area (Å²) < 4.78 is 6.04. The van der Waals surface area contributed by atoms with Crippen molar-refractivity contribution in [2.75, 3.05) is 5.73 Å². The first-order valence-corrected chi connectivity index (χ1v) is 7.68. The number of hydrogen-bond donors (Lipinski definition) is 2. The lowest BCUT2D eigenvalue weighted by atomic mass is 10.1. The fourth-order valence-corrected chi connectivity index (χ4v) is 2.86. The summed E-state index contributed by atoms with van der Waals surface area (Å²) in [6.07, 6.45) is 1.68. The molecule has 4 aromatic rings. The van der Waals surface area contributed by atoms with Crippen molar-refractivity contribution in [1.82, 2.24) is 25.1 Å². The Labute approximate surface area is 145 Å². The summed E-state index contributed by atoms with van der Waals surface area (Å²) in [6, 6.07) is 5.39. The number of halogens is 2. The maximum atomic E-state index is 6.08. The van der Waals surface area contributed by atoms with E-state index >= 15 is 0 Å². The minimum absolute atomic E-state index is 0.0290. The van der Waals surface area contributed by atoms with Gasteiger partial charge in [0, 0.05) is 6.07 Å². The van der Waals surface area contributed by atoms with Crippen LogP contribution in [0.25, 0.3) is 21.8 Å². The molecule has 1 aromatic carbocycles. The zero-order chi connectivity index (χ0) is 16.8. The molecule has 0 saturated carbocycles. The lowest BCUT2D eigenvalue weighted by Crippen LogP contribution is -2.00. The largest absolute Gasteiger partial charge is 0.437 e.